The number of nitrogens with one attached hydrogen (secondary N) is 2. The maximum absolute atomic E-state index is 12.8. The molecule has 0 bridgehead atoms. The number of ether oxygens (including phenoxy) is 1. The molecular formula is C21H23N3O4S2. The van der Waals surface area contributed by atoms with Crippen LogP contribution in [-0.2, 0) is 28.9 Å². The molecule has 3 rings (SSSR count). The first-order chi connectivity index (χ1) is 14.4. The lowest BCUT2D eigenvalue weighted by Crippen LogP contribution is -2.25. The number of hydrogen-bond acceptors (Lipinski definition) is 6. The smallest absolute Gasteiger partial charge is 0.255 e. The molecule has 3 aromatic rings. The molecule has 0 unspecified atom stereocenters. The number of para-hydroxylation sites is 1. The third-order valence-corrected chi connectivity index (χ3v) is 6.52. The molecular weight excluding hydrogens is 422 g/mol. The van der Waals surface area contributed by atoms with Gasteiger partial charge in [-0.2, -0.15) is 0 Å². The van der Waals surface area contributed by atoms with E-state index in [0.29, 0.717) is 16.9 Å². The van der Waals surface area contributed by atoms with Crippen LogP contribution >= 0.6 is 11.3 Å². The lowest BCUT2D eigenvalue weighted by atomic mass is 10.1. The summed E-state index contributed by atoms with van der Waals surface area (Å²) in [6.45, 7) is 2.41. The summed E-state index contributed by atoms with van der Waals surface area (Å²) in [6.07, 6.45) is 0. The summed E-state index contributed by atoms with van der Waals surface area (Å²) in [5.74, 6) is 0.0144. The molecule has 1 amide bonds. The second-order valence-electron chi connectivity index (χ2n) is 6.56. The van der Waals surface area contributed by atoms with Crippen molar-refractivity contribution in [2.24, 2.45) is 0 Å². The Balaban J connectivity index is 1.69. The van der Waals surface area contributed by atoms with Crippen LogP contribution in [0.4, 0.5) is 0 Å². The normalized spacial score (nSPS) is 11.3. The zero-order valence-corrected chi connectivity index (χ0v) is 18.3. The van der Waals surface area contributed by atoms with Crippen LogP contribution in [0.3, 0.4) is 0 Å². The molecule has 0 saturated carbocycles. The Labute approximate surface area is 180 Å². The quantitative estimate of drug-likeness (QED) is 0.528. The van der Waals surface area contributed by atoms with Crippen LogP contribution < -0.4 is 14.8 Å². The van der Waals surface area contributed by atoms with Crippen molar-refractivity contribution in [2.75, 3.05) is 7.05 Å². The van der Waals surface area contributed by atoms with Crippen LogP contribution in [0.5, 0.6) is 5.75 Å². The second-order valence-corrected chi connectivity index (χ2v) is 9.55. The molecule has 2 N–H and O–H groups in total. The summed E-state index contributed by atoms with van der Waals surface area (Å²) in [5, 5.41) is 5.74. The Morgan fingerprint density at radius 1 is 1.10 bits per heavy atom. The van der Waals surface area contributed by atoms with Crippen LogP contribution in [0.15, 0.2) is 53.9 Å². The van der Waals surface area contributed by atoms with E-state index in [1.165, 1.54) is 7.05 Å². The van der Waals surface area contributed by atoms with E-state index in [-0.39, 0.29) is 24.8 Å². The molecule has 1 aromatic heterocycles. The van der Waals surface area contributed by atoms with Gasteiger partial charge in [-0.15, -0.1) is 11.3 Å². The van der Waals surface area contributed by atoms with Crippen molar-refractivity contribution in [1.82, 2.24) is 15.0 Å². The van der Waals surface area contributed by atoms with Crippen LogP contribution in [0.2, 0.25) is 0 Å². The number of hydrogen-bond donors (Lipinski definition) is 2. The minimum atomic E-state index is -3.41. The molecule has 0 fully saturated rings. The molecule has 30 heavy (non-hydrogen) atoms. The minimum absolute atomic E-state index is 0.150. The van der Waals surface area contributed by atoms with Crippen LogP contribution in [-0.4, -0.2) is 26.4 Å². The Morgan fingerprint density at radius 2 is 1.80 bits per heavy atom. The Hall–Kier alpha value is -2.75. The van der Waals surface area contributed by atoms with Crippen molar-refractivity contribution in [2.45, 2.75) is 25.8 Å². The first kappa shape index (κ1) is 21.9. The van der Waals surface area contributed by atoms with Gasteiger partial charge in [-0.1, -0.05) is 36.4 Å². The van der Waals surface area contributed by atoms with Crippen molar-refractivity contribution in [3.8, 4) is 5.75 Å². The highest BCUT2D eigenvalue weighted by molar-refractivity contribution is 7.88. The third-order valence-electron chi connectivity index (χ3n) is 4.39. The van der Waals surface area contributed by atoms with Gasteiger partial charge in [-0.25, -0.2) is 18.1 Å². The van der Waals surface area contributed by atoms with E-state index in [1.807, 2.05) is 18.4 Å². The number of sulfonamides is 1. The highest BCUT2D eigenvalue weighted by Gasteiger charge is 2.15. The first-order valence-electron chi connectivity index (χ1n) is 9.27. The van der Waals surface area contributed by atoms with Crippen molar-refractivity contribution < 1.29 is 17.9 Å². The number of carbonyl (C=O) groups is 1. The topological polar surface area (TPSA) is 97.4 Å². The van der Waals surface area contributed by atoms with E-state index >= 15 is 0 Å². The minimum Gasteiger partial charge on any atom is -0.486 e. The fraction of sp³-hybridized carbons (Fsp3) is 0.238. The number of aromatic nitrogens is 1. The number of benzene rings is 2. The number of carbonyl (C=O) groups excluding carboxylic acids is 1. The highest BCUT2D eigenvalue weighted by Crippen LogP contribution is 2.20. The Morgan fingerprint density at radius 3 is 2.50 bits per heavy atom. The van der Waals surface area contributed by atoms with E-state index < -0.39 is 10.0 Å². The van der Waals surface area contributed by atoms with E-state index in [0.717, 1.165) is 16.3 Å². The second kappa shape index (κ2) is 9.84. The molecule has 1 heterocycles. The van der Waals surface area contributed by atoms with Gasteiger partial charge < -0.3 is 10.1 Å². The summed E-state index contributed by atoms with van der Waals surface area (Å²) < 4.78 is 31.9. The molecule has 158 valence electrons. The summed E-state index contributed by atoms with van der Waals surface area (Å²) in [5.41, 5.74) is 2.59. The number of aryl methyl sites for hydroxylation is 1. The summed E-state index contributed by atoms with van der Waals surface area (Å²) in [4.78, 5) is 17.1. The number of thiazole rings is 1. The predicted molar refractivity (Wildman–Crippen MR) is 117 cm³/mol. The van der Waals surface area contributed by atoms with Gasteiger partial charge in [-0.3, -0.25) is 4.79 Å². The van der Waals surface area contributed by atoms with Gasteiger partial charge in [0.25, 0.3) is 5.91 Å². The van der Waals surface area contributed by atoms with Crippen molar-refractivity contribution in [3.05, 3.63) is 81.3 Å². The van der Waals surface area contributed by atoms with Gasteiger partial charge in [0.15, 0.2) is 0 Å². The fourth-order valence-corrected chi connectivity index (χ4v) is 4.26. The third kappa shape index (κ3) is 5.88. The molecule has 9 heteroatoms. The number of nitrogens with zero attached hydrogens (tertiary/aromatic N) is 1. The van der Waals surface area contributed by atoms with Gasteiger partial charge in [-0.05, 0) is 37.2 Å². The fourth-order valence-electron chi connectivity index (χ4n) is 2.82. The molecule has 0 aliphatic heterocycles. The van der Waals surface area contributed by atoms with Gasteiger partial charge in [0.2, 0.25) is 10.0 Å². The van der Waals surface area contributed by atoms with E-state index in [9.17, 15) is 13.2 Å². The molecule has 0 aliphatic carbocycles. The van der Waals surface area contributed by atoms with E-state index in [1.54, 1.807) is 53.8 Å². The van der Waals surface area contributed by atoms with Crippen LogP contribution in [0, 0.1) is 6.92 Å². The van der Waals surface area contributed by atoms with Crippen LogP contribution in [0.25, 0.3) is 0 Å². The van der Waals surface area contributed by atoms with Gasteiger partial charge in [0, 0.05) is 11.9 Å². The molecule has 0 spiro atoms. The SMILES string of the molecule is CNS(=O)(=O)Cc1ccccc1CNC(=O)c1ccccc1OCc1csc(C)n1. The first-order valence-corrected chi connectivity index (χ1v) is 11.8. The average molecular weight is 446 g/mol. The zero-order valence-electron chi connectivity index (χ0n) is 16.7. The molecule has 0 atom stereocenters. The molecule has 2 aromatic carbocycles. The van der Waals surface area contributed by atoms with E-state index in [2.05, 4.69) is 15.0 Å². The zero-order chi connectivity index (χ0) is 21.6. The lowest BCUT2D eigenvalue weighted by Gasteiger charge is -2.13. The molecule has 0 aliphatic rings. The monoisotopic (exact) mass is 445 g/mol. The average Bonchev–Trinajstić information content (AvgIpc) is 3.16. The van der Waals surface area contributed by atoms with Crippen molar-refractivity contribution in [1.29, 1.82) is 0 Å². The largest absolute Gasteiger partial charge is 0.486 e. The predicted octanol–water partition coefficient (Wildman–Crippen LogP) is 3.01. The van der Waals surface area contributed by atoms with Gasteiger partial charge in [0.1, 0.15) is 12.4 Å². The molecule has 7 nitrogen and oxygen atoms in total. The summed E-state index contributed by atoms with van der Waals surface area (Å²) >= 11 is 1.54. The van der Waals surface area contributed by atoms with Gasteiger partial charge in [0.05, 0.1) is 22.0 Å². The Kier molecular flexibility index (Phi) is 7.20. The number of rotatable bonds is 9. The molecule has 0 radical (unpaired) electrons. The lowest BCUT2D eigenvalue weighted by molar-refractivity contribution is 0.0946. The highest BCUT2D eigenvalue weighted by atomic mass is 32.2. The van der Waals surface area contributed by atoms with Crippen molar-refractivity contribution in [3.63, 3.8) is 0 Å². The van der Waals surface area contributed by atoms with Crippen molar-refractivity contribution >= 4 is 27.3 Å². The maximum Gasteiger partial charge on any atom is 0.255 e. The molecule has 0 saturated heterocycles. The Bertz CT molecular complexity index is 1130. The van der Waals surface area contributed by atoms with Crippen LogP contribution in [0.1, 0.15) is 32.2 Å². The number of amides is 1. The van der Waals surface area contributed by atoms with Gasteiger partial charge >= 0.3 is 0 Å². The van der Waals surface area contributed by atoms with E-state index in [4.69, 9.17) is 4.74 Å². The standard InChI is InChI=1S/C21H23N3O4S2/c1-15-24-18(13-29-15)12-28-20-10-6-5-9-19(20)21(25)23-11-16-7-3-4-8-17(16)14-30(26,27)22-2/h3-10,13,22H,11-12,14H2,1-2H3,(H,23,25). The summed E-state index contributed by atoms with van der Waals surface area (Å²) in [7, 11) is -2.03. The maximum atomic E-state index is 12.8. The summed E-state index contributed by atoms with van der Waals surface area (Å²) in [6, 6.07) is 14.1.